The monoisotopic (exact) mass is 138 g/mol. The van der Waals surface area contributed by atoms with Gasteiger partial charge in [-0.2, -0.15) is 0 Å². The summed E-state index contributed by atoms with van der Waals surface area (Å²) in [6, 6.07) is 0. The second kappa shape index (κ2) is 15.7. The molecule has 0 aliphatic carbocycles. The van der Waals surface area contributed by atoms with Crippen molar-refractivity contribution in [2.75, 3.05) is 0 Å². The fourth-order valence-corrected chi connectivity index (χ4v) is 0.0227. The van der Waals surface area contributed by atoms with Crippen molar-refractivity contribution in [1.29, 1.82) is 0 Å². The molecule has 0 fully saturated rings. The van der Waals surface area contributed by atoms with E-state index in [1.54, 1.807) is 0 Å². The van der Waals surface area contributed by atoms with Crippen LogP contribution < -0.4 is 80.9 Å². The molecule has 3 nitrogen and oxygen atoms in total. The van der Waals surface area contributed by atoms with E-state index in [2.05, 4.69) is 4.74 Å². The van der Waals surface area contributed by atoms with E-state index in [1.807, 2.05) is 0 Å². The van der Waals surface area contributed by atoms with Crippen molar-refractivity contribution >= 4 is 12.9 Å². The molecule has 0 atom stereocenters. The number of ether oxygens (including phenoxy) is 1. The molecule has 0 saturated heterocycles. The minimum atomic E-state index is 0. The number of hydrogen-bond donors (Lipinski definition) is 0. The molecular weight excluding hydrogens is 134 g/mol. The van der Waals surface area contributed by atoms with E-state index in [1.165, 1.54) is 0 Å². The molecule has 0 rings (SSSR count). The zero-order valence-corrected chi connectivity index (χ0v) is 9.50. The first-order chi connectivity index (χ1) is 2.41. The average molecular weight is 138 g/mol. The predicted octanol–water partition coefficient (Wildman–Crippen LogP) is -6.45. The molecule has 5 heteroatoms. The molecule has 0 radical (unpaired) electrons. The Morgan fingerprint density at radius 1 is 1.29 bits per heavy atom. The summed E-state index contributed by atoms with van der Waals surface area (Å²) in [7, 11) is 0. The molecule has 0 aliphatic heterocycles. The largest absolute Gasteiger partial charge is 1.00 e. The van der Waals surface area contributed by atoms with Crippen molar-refractivity contribution in [3.8, 4) is 0 Å². The molecule has 0 aliphatic rings. The molecule has 0 aromatic carbocycles. The van der Waals surface area contributed by atoms with Crippen molar-refractivity contribution in [1.82, 2.24) is 0 Å². The third-order valence-corrected chi connectivity index (χ3v) is 0.111. The van der Waals surface area contributed by atoms with Crippen LogP contribution >= 0.6 is 0 Å². The summed E-state index contributed by atoms with van der Waals surface area (Å²) >= 11 is 0. The third-order valence-electron chi connectivity index (χ3n) is 0.111. The van der Waals surface area contributed by atoms with Gasteiger partial charge < -0.3 is 7.59 Å². The molecule has 0 aromatic heterocycles. The SMILES string of the molecule is O=COC=O.[H-].[H-].[K+].[Na+]. The Balaban J connectivity index is -0.0000000133. The number of carbonyl (C=O) groups excluding carboxylic acids is 2. The van der Waals surface area contributed by atoms with E-state index in [4.69, 9.17) is 9.59 Å². The Bertz CT molecular complexity index is 49.1. The maximum Gasteiger partial charge on any atom is 1.00 e. The van der Waals surface area contributed by atoms with Gasteiger partial charge in [-0.25, -0.2) is 0 Å². The Hall–Kier alpha value is 1.78. The summed E-state index contributed by atoms with van der Waals surface area (Å²) in [5.41, 5.74) is 0. The van der Waals surface area contributed by atoms with Gasteiger partial charge >= 0.3 is 93.9 Å². The molecule has 0 N–H and O–H groups in total. The maximum atomic E-state index is 8.95. The normalized spacial score (nSPS) is 4.00. The summed E-state index contributed by atoms with van der Waals surface area (Å²) in [6.07, 6.45) is 0. The van der Waals surface area contributed by atoms with Crippen LogP contribution in [0.25, 0.3) is 0 Å². The number of carbonyl (C=O) groups is 2. The van der Waals surface area contributed by atoms with Crippen LogP contribution in [0.3, 0.4) is 0 Å². The Kier molecular flexibility index (Phi) is 35.6. The summed E-state index contributed by atoms with van der Waals surface area (Å²) < 4.78 is 3.47. The first-order valence-corrected chi connectivity index (χ1v) is 0.943. The average Bonchev–Trinajstić information content (AvgIpc) is 1.41. The zero-order chi connectivity index (χ0) is 4.12. The van der Waals surface area contributed by atoms with Gasteiger partial charge in [0.15, 0.2) is 0 Å². The van der Waals surface area contributed by atoms with Crippen LogP contribution in [-0.2, 0) is 14.3 Å². The summed E-state index contributed by atoms with van der Waals surface area (Å²) in [4.78, 5) is 17.9. The van der Waals surface area contributed by atoms with E-state index in [0.717, 1.165) is 0 Å². The van der Waals surface area contributed by atoms with Crippen molar-refractivity contribution in [3.63, 3.8) is 0 Å². The first kappa shape index (κ1) is 15.9. The van der Waals surface area contributed by atoms with Crippen molar-refractivity contribution in [2.24, 2.45) is 0 Å². The van der Waals surface area contributed by atoms with Gasteiger partial charge in [-0.3, -0.25) is 9.59 Å². The topological polar surface area (TPSA) is 43.4 Å². The molecule has 0 aromatic rings. The van der Waals surface area contributed by atoms with E-state index < -0.39 is 0 Å². The minimum absolute atomic E-state index is 0. The van der Waals surface area contributed by atoms with Gasteiger partial charge in [0.05, 0.1) is 0 Å². The quantitative estimate of drug-likeness (QED) is 0.216. The van der Waals surface area contributed by atoms with Crippen molar-refractivity contribution < 1.29 is 98.1 Å². The molecule has 0 bridgehead atoms. The maximum absolute atomic E-state index is 8.95. The Morgan fingerprint density at radius 2 is 1.57 bits per heavy atom. The van der Waals surface area contributed by atoms with Gasteiger partial charge in [-0.15, -0.1) is 0 Å². The summed E-state index contributed by atoms with van der Waals surface area (Å²) in [6.45, 7) is 0.125. The van der Waals surface area contributed by atoms with Crippen LogP contribution in [0.2, 0.25) is 0 Å². The van der Waals surface area contributed by atoms with Crippen molar-refractivity contribution in [3.05, 3.63) is 0 Å². The molecule has 0 amide bonds. The Morgan fingerprint density at radius 3 is 1.57 bits per heavy atom. The molecule has 0 saturated carbocycles. The van der Waals surface area contributed by atoms with E-state index in [-0.39, 0.29) is 96.7 Å². The zero-order valence-electron chi connectivity index (χ0n) is 6.38. The van der Waals surface area contributed by atoms with Gasteiger partial charge in [0.1, 0.15) is 0 Å². The first-order valence-electron chi connectivity index (χ1n) is 0.943. The van der Waals surface area contributed by atoms with Gasteiger partial charge in [0.2, 0.25) is 0 Å². The third kappa shape index (κ3) is 18.2. The molecule has 0 spiro atoms. The van der Waals surface area contributed by atoms with Gasteiger partial charge in [0, 0.05) is 0 Å². The van der Waals surface area contributed by atoms with Gasteiger partial charge in [-0.05, 0) is 0 Å². The molecule has 0 heterocycles. The van der Waals surface area contributed by atoms with E-state index in [9.17, 15) is 0 Å². The number of hydrogen-bond acceptors (Lipinski definition) is 3. The van der Waals surface area contributed by atoms with Crippen molar-refractivity contribution in [2.45, 2.75) is 0 Å². The molecule has 7 heavy (non-hydrogen) atoms. The second-order valence-electron chi connectivity index (χ2n) is 0.329. The summed E-state index contributed by atoms with van der Waals surface area (Å²) in [5, 5.41) is 0. The van der Waals surface area contributed by atoms with Gasteiger partial charge in [-0.1, -0.05) is 0 Å². The Labute approximate surface area is 109 Å². The van der Waals surface area contributed by atoms with Crippen LogP contribution in [0.15, 0.2) is 0 Å². The van der Waals surface area contributed by atoms with E-state index >= 15 is 0 Å². The number of rotatable bonds is 2. The molecular formula is C2H4KNaO3. The van der Waals surface area contributed by atoms with E-state index in [0.29, 0.717) is 0 Å². The van der Waals surface area contributed by atoms with Crippen LogP contribution in [0.5, 0.6) is 0 Å². The fraction of sp³-hybridized carbons (Fsp3) is 0. The van der Waals surface area contributed by atoms with Crippen LogP contribution in [0.1, 0.15) is 2.85 Å². The van der Waals surface area contributed by atoms with Gasteiger partial charge in [0.25, 0.3) is 0 Å². The standard InChI is InChI=1S/C2H2O3.K.Na.2H/c3-1-5-2-4;;;;/h1-2H;;;;/q;2*+1;2*-1. The van der Waals surface area contributed by atoms with Crippen LogP contribution in [-0.4, -0.2) is 12.9 Å². The molecule has 0 unspecified atom stereocenters. The predicted molar refractivity (Wildman–Crippen MR) is 15.4 cm³/mol. The minimum Gasteiger partial charge on any atom is -1.00 e. The smallest absolute Gasteiger partial charge is 1.00 e. The fourth-order valence-electron chi connectivity index (χ4n) is 0.0227. The van der Waals surface area contributed by atoms with Crippen LogP contribution in [0, 0.1) is 0 Å². The summed E-state index contributed by atoms with van der Waals surface area (Å²) in [5.74, 6) is 0. The van der Waals surface area contributed by atoms with Crippen LogP contribution in [0.4, 0.5) is 0 Å². The molecule has 32 valence electrons. The second-order valence-corrected chi connectivity index (χ2v) is 0.329.